The summed E-state index contributed by atoms with van der Waals surface area (Å²) in [5, 5.41) is 2.66. The van der Waals surface area contributed by atoms with Gasteiger partial charge in [-0.1, -0.05) is 12.1 Å². The maximum atomic E-state index is 11.9. The molecule has 1 aromatic carbocycles. The molecule has 0 fully saturated rings. The quantitative estimate of drug-likeness (QED) is 0.698. The van der Waals surface area contributed by atoms with Gasteiger partial charge in [-0.3, -0.25) is 9.59 Å². The lowest BCUT2D eigenvalue weighted by atomic mass is 10.2. The number of anilines is 1. The molecule has 1 aromatic heterocycles. The molecule has 27 heavy (non-hydrogen) atoms. The number of rotatable bonds is 7. The Kier molecular flexibility index (Phi) is 6.03. The van der Waals surface area contributed by atoms with Gasteiger partial charge in [-0.2, -0.15) is 0 Å². The average Bonchev–Trinajstić information content (AvgIpc) is 2.71. The van der Waals surface area contributed by atoms with Crippen molar-refractivity contribution in [3.8, 4) is 11.5 Å². The average molecular weight is 372 g/mol. The predicted octanol–water partition coefficient (Wildman–Crippen LogP) is 0.412. The van der Waals surface area contributed by atoms with Gasteiger partial charge in [-0.25, -0.2) is 9.97 Å². The molecule has 9 nitrogen and oxygen atoms in total. The number of esters is 1. The second kappa shape index (κ2) is 8.84. The van der Waals surface area contributed by atoms with E-state index in [2.05, 4.69) is 15.3 Å². The van der Waals surface area contributed by atoms with Crippen LogP contribution in [0.15, 0.2) is 42.7 Å². The third kappa shape index (κ3) is 5.30. The zero-order chi connectivity index (χ0) is 19.1. The highest BCUT2D eigenvalue weighted by molar-refractivity contribution is 5.81. The summed E-state index contributed by atoms with van der Waals surface area (Å²) in [5.41, 5.74) is 0. The predicted molar refractivity (Wildman–Crippen MR) is 95.6 cm³/mol. The summed E-state index contributed by atoms with van der Waals surface area (Å²) in [6.45, 7) is 0.154. The Morgan fingerprint density at radius 2 is 1.96 bits per heavy atom. The summed E-state index contributed by atoms with van der Waals surface area (Å²) in [5.74, 6) is 0.755. The van der Waals surface area contributed by atoms with E-state index in [1.165, 1.54) is 4.90 Å². The number of para-hydroxylation sites is 2. The summed E-state index contributed by atoms with van der Waals surface area (Å²) in [7, 11) is 1.66. The van der Waals surface area contributed by atoms with Gasteiger partial charge in [-0.05, 0) is 18.2 Å². The van der Waals surface area contributed by atoms with Gasteiger partial charge in [0.25, 0.3) is 5.91 Å². The number of benzene rings is 1. The number of nitrogens with zero attached hydrogens (tertiary/aromatic N) is 3. The first-order valence-corrected chi connectivity index (χ1v) is 8.41. The number of amides is 1. The van der Waals surface area contributed by atoms with Gasteiger partial charge >= 0.3 is 5.97 Å². The minimum Gasteiger partial charge on any atom is -0.486 e. The van der Waals surface area contributed by atoms with Crippen molar-refractivity contribution in [1.29, 1.82) is 0 Å². The van der Waals surface area contributed by atoms with Crippen molar-refractivity contribution in [2.75, 3.05) is 38.3 Å². The Balaban J connectivity index is 1.36. The van der Waals surface area contributed by atoms with E-state index in [0.29, 0.717) is 24.1 Å². The number of likely N-dealkylation sites (N-methyl/N-ethyl adjacent to an activating group) is 1. The molecule has 2 aromatic rings. The van der Waals surface area contributed by atoms with E-state index >= 15 is 0 Å². The summed E-state index contributed by atoms with van der Waals surface area (Å²) in [6.07, 6.45) is 2.85. The molecule has 1 N–H and O–H groups in total. The Morgan fingerprint density at radius 3 is 2.74 bits per heavy atom. The molecule has 0 saturated heterocycles. The van der Waals surface area contributed by atoms with Crippen LogP contribution in [-0.2, 0) is 14.3 Å². The maximum absolute atomic E-state index is 11.9. The van der Waals surface area contributed by atoms with E-state index in [1.807, 2.05) is 18.2 Å². The van der Waals surface area contributed by atoms with Crippen LogP contribution in [-0.4, -0.2) is 61.3 Å². The van der Waals surface area contributed by atoms with Gasteiger partial charge in [0.15, 0.2) is 18.1 Å². The van der Waals surface area contributed by atoms with Crippen LogP contribution < -0.4 is 19.7 Å². The number of ether oxygens (including phenoxy) is 3. The maximum Gasteiger partial charge on any atom is 0.326 e. The first-order valence-electron chi connectivity index (χ1n) is 8.41. The summed E-state index contributed by atoms with van der Waals surface area (Å²) in [6, 6.07) is 9.01. The van der Waals surface area contributed by atoms with Gasteiger partial charge in [0.2, 0.25) is 5.95 Å². The third-order valence-corrected chi connectivity index (χ3v) is 3.72. The second-order valence-corrected chi connectivity index (χ2v) is 5.87. The number of aromatic nitrogens is 2. The zero-order valence-electron chi connectivity index (χ0n) is 14.8. The molecule has 2 heterocycles. The van der Waals surface area contributed by atoms with Crippen LogP contribution in [0.1, 0.15) is 0 Å². The van der Waals surface area contributed by atoms with Crippen LogP contribution in [0.4, 0.5) is 5.95 Å². The lowest BCUT2D eigenvalue weighted by molar-refractivity contribution is -0.147. The summed E-state index contributed by atoms with van der Waals surface area (Å²) in [4.78, 5) is 33.3. The lowest BCUT2D eigenvalue weighted by Crippen LogP contribution is -2.42. The number of fused-ring (bicyclic) bond motifs is 1. The second-order valence-electron chi connectivity index (χ2n) is 5.87. The molecular formula is C18H20N4O5. The van der Waals surface area contributed by atoms with Crippen molar-refractivity contribution in [2.45, 2.75) is 6.10 Å². The third-order valence-electron chi connectivity index (χ3n) is 3.72. The Bertz CT molecular complexity index is 786. The van der Waals surface area contributed by atoms with Crippen molar-refractivity contribution in [1.82, 2.24) is 15.3 Å². The van der Waals surface area contributed by atoms with E-state index in [4.69, 9.17) is 14.2 Å². The molecule has 1 aliphatic heterocycles. The van der Waals surface area contributed by atoms with Crippen molar-refractivity contribution in [3.05, 3.63) is 42.7 Å². The zero-order valence-corrected chi connectivity index (χ0v) is 14.8. The van der Waals surface area contributed by atoms with Crippen molar-refractivity contribution >= 4 is 17.8 Å². The van der Waals surface area contributed by atoms with Crippen LogP contribution in [0.25, 0.3) is 0 Å². The van der Waals surface area contributed by atoms with Crippen LogP contribution >= 0.6 is 0 Å². The van der Waals surface area contributed by atoms with Gasteiger partial charge in [0.05, 0.1) is 6.54 Å². The van der Waals surface area contributed by atoms with Gasteiger partial charge in [0.1, 0.15) is 19.3 Å². The highest BCUT2D eigenvalue weighted by atomic mass is 16.6. The van der Waals surface area contributed by atoms with Crippen molar-refractivity contribution in [2.24, 2.45) is 0 Å². The SMILES string of the molecule is CN(CC(=O)OCC(=O)NCC1COc2ccccc2O1)c1ncccn1. The Morgan fingerprint density at radius 1 is 1.22 bits per heavy atom. The smallest absolute Gasteiger partial charge is 0.326 e. The molecule has 0 saturated carbocycles. The van der Waals surface area contributed by atoms with E-state index in [-0.39, 0.29) is 25.8 Å². The van der Waals surface area contributed by atoms with E-state index < -0.39 is 11.9 Å². The Labute approximate surface area is 156 Å². The van der Waals surface area contributed by atoms with E-state index in [0.717, 1.165) is 0 Å². The molecule has 9 heteroatoms. The fraction of sp³-hybridized carbons (Fsp3) is 0.333. The van der Waals surface area contributed by atoms with Crippen LogP contribution in [0.3, 0.4) is 0 Å². The largest absolute Gasteiger partial charge is 0.486 e. The molecule has 1 atom stereocenters. The van der Waals surface area contributed by atoms with Gasteiger partial charge in [0, 0.05) is 19.4 Å². The fourth-order valence-corrected chi connectivity index (χ4v) is 2.39. The fourth-order valence-electron chi connectivity index (χ4n) is 2.39. The van der Waals surface area contributed by atoms with Crippen LogP contribution in [0, 0.1) is 0 Å². The lowest BCUT2D eigenvalue weighted by Gasteiger charge is -2.26. The summed E-state index contributed by atoms with van der Waals surface area (Å²) >= 11 is 0. The van der Waals surface area contributed by atoms with Gasteiger partial charge < -0.3 is 24.4 Å². The highest BCUT2D eigenvalue weighted by Gasteiger charge is 2.21. The van der Waals surface area contributed by atoms with Crippen LogP contribution in [0.5, 0.6) is 11.5 Å². The molecule has 0 spiro atoms. The number of hydrogen-bond donors (Lipinski definition) is 1. The molecule has 3 rings (SSSR count). The minimum atomic E-state index is -0.550. The summed E-state index contributed by atoms with van der Waals surface area (Å²) < 4.78 is 16.3. The van der Waals surface area contributed by atoms with Crippen molar-refractivity contribution < 1.29 is 23.8 Å². The number of carbonyl (C=O) groups is 2. The van der Waals surface area contributed by atoms with Crippen LogP contribution in [0.2, 0.25) is 0 Å². The first-order chi connectivity index (χ1) is 13.1. The van der Waals surface area contributed by atoms with Crippen molar-refractivity contribution in [3.63, 3.8) is 0 Å². The molecule has 142 valence electrons. The topological polar surface area (TPSA) is 103 Å². The molecule has 0 aliphatic carbocycles. The standard InChI is InChI=1S/C18H20N4O5/c1-22(18-19-7-4-8-20-18)10-17(24)26-12-16(23)21-9-13-11-25-14-5-2-3-6-15(14)27-13/h2-8,13H,9-12H2,1H3,(H,21,23). The monoisotopic (exact) mass is 372 g/mol. The number of hydrogen-bond acceptors (Lipinski definition) is 8. The Hall–Kier alpha value is -3.36. The number of carbonyl (C=O) groups excluding carboxylic acids is 2. The molecule has 1 amide bonds. The molecule has 1 unspecified atom stereocenters. The van der Waals surface area contributed by atoms with E-state index in [1.54, 1.807) is 31.6 Å². The first kappa shape index (κ1) is 18.4. The van der Waals surface area contributed by atoms with E-state index in [9.17, 15) is 9.59 Å². The molecule has 0 radical (unpaired) electrons. The normalized spacial score (nSPS) is 14.9. The number of nitrogens with one attached hydrogen (secondary N) is 1. The molecular weight excluding hydrogens is 352 g/mol. The molecule has 0 bridgehead atoms. The van der Waals surface area contributed by atoms with Gasteiger partial charge in [-0.15, -0.1) is 0 Å². The molecule has 1 aliphatic rings. The highest BCUT2D eigenvalue weighted by Crippen LogP contribution is 2.30. The minimum absolute atomic E-state index is 0.0619.